The third-order valence-electron chi connectivity index (χ3n) is 2.82. The number of halogens is 1. The zero-order valence-electron chi connectivity index (χ0n) is 8.89. The van der Waals surface area contributed by atoms with E-state index in [2.05, 4.69) is 10.3 Å². The molecule has 1 aliphatic rings. The van der Waals surface area contributed by atoms with Gasteiger partial charge in [-0.1, -0.05) is 0 Å². The molecule has 1 unspecified atom stereocenters. The molecule has 6 heteroatoms. The Balaban J connectivity index is 2.02. The van der Waals surface area contributed by atoms with E-state index in [1.165, 1.54) is 0 Å². The molecule has 0 aliphatic carbocycles. The van der Waals surface area contributed by atoms with Crippen LogP contribution in [0.15, 0.2) is 28.9 Å². The number of hydrogen-bond donors (Lipinski definition) is 1. The molecule has 5 nitrogen and oxygen atoms in total. The van der Waals surface area contributed by atoms with Gasteiger partial charge in [0.1, 0.15) is 6.04 Å². The first-order valence-electron chi connectivity index (χ1n) is 5.32. The van der Waals surface area contributed by atoms with Crippen molar-refractivity contribution in [3.05, 3.63) is 29.7 Å². The van der Waals surface area contributed by atoms with Gasteiger partial charge in [-0.15, -0.1) is 0 Å². The molecule has 2 aromatic rings. The number of rotatable bonds is 2. The van der Waals surface area contributed by atoms with Crippen LogP contribution in [0.1, 0.15) is 12.5 Å². The third-order valence-corrected chi connectivity index (χ3v) is 3.02. The number of furan rings is 1. The van der Waals surface area contributed by atoms with E-state index < -0.39 is 0 Å². The second-order valence-electron chi connectivity index (χ2n) is 3.86. The Morgan fingerprint density at radius 2 is 2.41 bits per heavy atom. The van der Waals surface area contributed by atoms with Gasteiger partial charge >= 0.3 is 0 Å². The van der Waals surface area contributed by atoms with Gasteiger partial charge in [-0.25, -0.2) is 4.98 Å². The van der Waals surface area contributed by atoms with Crippen LogP contribution in [0, 0.1) is 0 Å². The first-order valence-corrected chi connectivity index (χ1v) is 5.70. The van der Waals surface area contributed by atoms with Gasteiger partial charge in [0.15, 0.2) is 16.8 Å². The zero-order valence-corrected chi connectivity index (χ0v) is 9.65. The van der Waals surface area contributed by atoms with Crippen LogP contribution < -0.4 is 5.32 Å². The first-order chi connectivity index (χ1) is 8.25. The highest BCUT2D eigenvalue weighted by Crippen LogP contribution is 2.27. The quantitative estimate of drug-likeness (QED) is 0.886. The van der Waals surface area contributed by atoms with Gasteiger partial charge in [0.05, 0.1) is 0 Å². The number of nitrogens with zero attached hydrogens (tertiary/aromatic N) is 2. The summed E-state index contributed by atoms with van der Waals surface area (Å²) in [5.74, 6) is 1.21. The fourth-order valence-corrected chi connectivity index (χ4v) is 2.18. The summed E-state index contributed by atoms with van der Waals surface area (Å²) < 4.78 is 7.13. The molecule has 1 N–H and O–H groups in total. The van der Waals surface area contributed by atoms with E-state index in [1.807, 2.05) is 4.57 Å². The second kappa shape index (κ2) is 3.92. The van der Waals surface area contributed by atoms with Crippen molar-refractivity contribution >= 4 is 17.5 Å². The molecule has 3 heterocycles. The molecule has 0 spiro atoms. The molecule has 0 saturated carbocycles. The number of hydrogen-bond acceptors (Lipinski definition) is 3. The minimum absolute atomic E-state index is 0.0157. The highest BCUT2D eigenvalue weighted by atomic mass is 35.5. The van der Waals surface area contributed by atoms with Crippen LogP contribution in [0.4, 0.5) is 0 Å². The predicted octanol–water partition coefficient (Wildman–Crippen LogP) is 1.86. The Morgan fingerprint density at radius 3 is 3.06 bits per heavy atom. The summed E-state index contributed by atoms with van der Waals surface area (Å²) in [4.78, 5) is 15.9. The maximum absolute atomic E-state index is 11.6. The molecule has 0 aromatic carbocycles. The number of carbonyl (C=O) groups excluding carboxylic acids is 1. The summed E-state index contributed by atoms with van der Waals surface area (Å²) in [5, 5.41) is 3.11. The van der Waals surface area contributed by atoms with Gasteiger partial charge in [0.25, 0.3) is 0 Å². The van der Waals surface area contributed by atoms with Gasteiger partial charge in [-0.3, -0.25) is 4.79 Å². The van der Waals surface area contributed by atoms with Crippen LogP contribution >= 0.6 is 11.6 Å². The van der Waals surface area contributed by atoms with Crippen LogP contribution in [-0.2, 0) is 4.79 Å². The molecule has 88 valence electrons. The first kappa shape index (κ1) is 10.4. The minimum Gasteiger partial charge on any atom is -0.441 e. The highest BCUT2D eigenvalue weighted by molar-refractivity contribution is 6.28. The average molecular weight is 252 g/mol. The molecule has 1 aliphatic heterocycles. The monoisotopic (exact) mass is 251 g/mol. The molecular formula is C11H10ClN3O2. The summed E-state index contributed by atoms with van der Waals surface area (Å²) in [6, 6.07) is 3.19. The minimum atomic E-state index is -0.212. The van der Waals surface area contributed by atoms with E-state index in [4.69, 9.17) is 16.0 Å². The zero-order chi connectivity index (χ0) is 11.8. The van der Waals surface area contributed by atoms with Crippen LogP contribution in [0.25, 0.3) is 11.6 Å². The van der Waals surface area contributed by atoms with Gasteiger partial charge in [-0.05, 0) is 30.2 Å². The van der Waals surface area contributed by atoms with E-state index in [0.717, 1.165) is 6.42 Å². The molecule has 0 radical (unpaired) electrons. The largest absolute Gasteiger partial charge is 0.441 e. The van der Waals surface area contributed by atoms with Crippen LogP contribution in [0.5, 0.6) is 0 Å². The van der Waals surface area contributed by atoms with E-state index >= 15 is 0 Å². The second-order valence-corrected chi connectivity index (χ2v) is 4.23. The van der Waals surface area contributed by atoms with E-state index in [0.29, 0.717) is 23.3 Å². The third kappa shape index (κ3) is 1.72. The lowest BCUT2D eigenvalue weighted by molar-refractivity contribution is -0.121. The number of carbonyl (C=O) groups is 1. The maximum Gasteiger partial charge on any atom is 0.243 e. The predicted molar refractivity (Wildman–Crippen MR) is 61.6 cm³/mol. The van der Waals surface area contributed by atoms with Gasteiger partial charge in [0.2, 0.25) is 5.91 Å². The fraction of sp³-hybridized carbons (Fsp3) is 0.273. The topological polar surface area (TPSA) is 60.1 Å². The molecule has 0 bridgehead atoms. The smallest absolute Gasteiger partial charge is 0.243 e. The number of aromatic nitrogens is 2. The van der Waals surface area contributed by atoms with Crippen molar-refractivity contribution < 1.29 is 9.21 Å². The number of nitrogens with one attached hydrogen (secondary N) is 1. The van der Waals surface area contributed by atoms with E-state index in [9.17, 15) is 4.79 Å². The SMILES string of the molecule is O=C1NCCC1n1ccnc1-c1ccc(Cl)o1. The van der Waals surface area contributed by atoms with Crippen molar-refractivity contribution in [2.45, 2.75) is 12.5 Å². The molecule has 3 rings (SSSR count). The van der Waals surface area contributed by atoms with Crippen LogP contribution in [0.3, 0.4) is 0 Å². The van der Waals surface area contributed by atoms with Crippen molar-refractivity contribution in [2.75, 3.05) is 6.54 Å². The Hall–Kier alpha value is -1.75. The fourth-order valence-electron chi connectivity index (χ4n) is 2.04. The normalized spacial score (nSPS) is 19.6. The molecule has 17 heavy (non-hydrogen) atoms. The van der Waals surface area contributed by atoms with Gasteiger partial charge in [0, 0.05) is 18.9 Å². The van der Waals surface area contributed by atoms with Crippen molar-refractivity contribution in [3.63, 3.8) is 0 Å². The average Bonchev–Trinajstić information content (AvgIpc) is 2.97. The molecular weight excluding hydrogens is 242 g/mol. The van der Waals surface area contributed by atoms with Crippen molar-refractivity contribution in [1.29, 1.82) is 0 Å². The van der Waals surface area contributed by atoms with Gasteiger partial charge in [-0.2, -0.15) is 0 Å². The van der Waals surface area contributed by atoms with Crippen LogP contribution in [0.2, 0.25) is 5.22 Å². The van der Waals surface area contributed by atoms with Crippen molar-refractivity contribution in [3.8, 4) is 11.6 Å². The summed E-state index contributed by atoms with van der Waals surface area (Å²) in [6.45, 7) is 0.694. The lowest BCUT2D eigenvalue weighted by atomic mass is 10.2. The summed E-state index contributed by atoms with van der Waals surface area (Å²) >= 11 is 5.74. The van der Waals surface area contributed by atoms with Crippen molar-refractivity contribution in [2.24, 2.45) is 0 Å². The lowest BCUT2D eigenvalue weighted by Gasteiger charge is -2.11. The standard InChI is InChI=1S/C11H10ClN3O2/c12-9-2-1-8(17-9)10-13-5-6-15(10)7-3-4-14-11(7)16/h1-2,5-7H,3-4H2,(H,14,16). The summed E-state index contributed by atoms with van der Waals surface area (Å²) in [7, 11) is 0. The Bertz CT molecular complexity index is 561. The Labute approximate surface area is 102 Å². The maximum atomic E-state index is 11.6. The lowest BCUT2D eigenvalue weighted by Crippen LogP contribution is -2.21. The number of imidazole rings is 1. The molecule has 1 atom stereocenters. The molecule has 2 aromatic heterocycles. The molecule has 1 amide bonds. The van der Waals surface area contributed by atoms with Crippen LogP contribution in [-0.4, -0.2) is 22.0 Å². The molecule has 1 fully saturated rings. The summed E-state index contributed by atoms with van der Waals surface area (Å²) in [5.41, 5.74) is 0. The van der Waals surface area contributed by atoms with E-state index in [1.54, 1.807) is 24.5 Å². The Kier molecular flexibility index (Phi) is 2.40. The van der Waals surface area contributed by atoms with Gasteiger partial charge < -0.3 is 14.3 Å². The molecule has 1 saturated heterocycles. The summed E-state index contributed by atoms with van der Waals surface area (Å²) in [6.07, 6.45) is 4.19. The highest BCUT2D eigenvalue weighted by Gasteiger charge is 2.28. The number of amides is 1. The van der Waals surface area contributed by atoms with Crippen molar-refractivity contribution in [1.82, 2.24) is 14.9 Å². The Morgan fingerprint density at radius 1 is 1.53 bits per heavy atom. The van der Waals surface area contributed by atoms with E-state index in [-0.39, 0.29) is 11.9 Å².